The Bertz CT molecular complexity index is 362. The summed E-state index contributed by atoms with van der Waals surface area (Å²) in [5, 5.41) is 13.6. The number of carboxylic acids is 1. The van der Waals surface area contributed by atoms with Gasteiger partial charge in [0.15, 0.2) is 0 Å². The molecule has 0 saturated carbocycles. The molecule has 0 spiro atoms. The Morgan fingerprint density at radius 2 is 2.00 bits per heavy atom. The average Bonchev–Trinajstić information content (AvgIpc) is 2.23. The highest BCUT2D eigenvalue weighted by Gasteiger charge is 2.20. The number of carbonyl (C=O) groups is 3. The van der Waals surface area contributed by atoms with E-state index in [0.717, 1.165) is 0 Å². The molecule has 0 saturated heterocycles. The van der Waals surface area contributed by atoms with Gasteiger partial charge in [-0.05, 0) is 13.3 Å². The van der Waals surface area contributed by atoms with Crippen molar-refractivity contribution in [2.75, 3.05) is 0 Å². The van der Waals surface area contributed by atoms with E-state index in [4.69, 9.17) is 17.3 Å². The number of primary amides is 1. The number of nitrogens with one attached hydrogen (secondary N) is 2. The second kappa shape index (κ2) is 7.95. The number of hydrogen-bond acceptors (Lipinski definition) is 3. The predicted octanol–water partition coefficient (Wildman–Crippen LogP) is -0.584. The Morgan fingerprint density at radius 3 is 2.44 bits per heavy atom. The number of aliphatic carboxylic acids is 1. The first kappa shape index (κ1) is 15.8. The third kappa shape index (κ3) is 7.11. The second-order valence-corrected chi connectivity index (χ2v) is 3.82. The van der Waals surface area contributed by atoms with Crippen molar-refractivity contribution in [2.45, 2.75) is 38.3 Å². The van der Waals surface area contributed by atoms with Crippen LogP contribution in [0.1, 0.15) is 26.2 Å². The lowest BCUT2D eigenvalue weighted by molar-refractivity contribution is -0.139. The second-order valence-electron chi connectivity index (χ2n) is 3.82. The number of terminal acetylenes is 1. The van der Waals surface area contributed by atoms with Crippen LogP contribution in [0.4, 0.5) is 4.79 Å². The maximum absolute atomic E-state index is 11.4. The smallest absolute Gasteiger partial charge is 0.326 e. The van der Waals surface area contributed by atoms with Crippen LogP contribution in [-0.4, -0.2) is 35.1 Å². The molecule has 7 heteroatoms. The molecular formula is C11H17N3O4. The summed E-state index contributed by atoms with van der Waals surface area (Å²) in [5.74, 6) is 0.522. The number of urea groups is 1. The van der Waals surface area contributed by atoms with Crippen molar-refractivity contribution in [1.29, 1.82) is 0 Å². The molecule has 3 amide bonds. The van der Waals surface area contributed by atoms with Crippen LogP contribution >= 0.6 is 0 Å². The van der Waals surface area contributed by atoms with Crippen LogP contribution in [0.25, 0.3) is 0 Å². The maximum atomic E-state index is 11.4. The van der Waals surface area contributed by atoms with Gasteiger partial charge in [0.05, 0.1) is 0 Å². The summed E-state index contributed by atoms with van der Waals surface area (Å²) >= 11 is 0. The zero-order chi connectivity index (χ0) is 14.1. The molecule has 0 aromatic heterocycles. The van der Waals surface area contributed by atoms with E-state index in [1.807, 2.05) is 0 Å². The van der Waals surface area contributed by atoms with E-state index >= 15 is 0 Å². The van der Waals surface area contributed by atoms with Crippen LogP contribution in [0.2, 0.25) is 0 Å². The number of rotatable bonds is 7. The fraction of sp³-hybridized carbons (Fsp3) is 0.545. The summed E-state index contributed by atoms with van der Waals surface area (Å²) in [6.07, 6.45) is 5.24. The number of carboxylic acid groups (broad SMARTS) is 1. The summed E-state index contributed by atoms with van der Waals surface area (Å²) in [5.41, 5.74) is 4.91. The van der Waals surface area contributed by atoms with Crippen molar-refractivity contribution in [2.24, 2.45) is 5.73 Å². The van der Waals surface area contributed by atoms with E-state index in [1.165, 1.54) is 0 Å². The van der Waals surface area contributed by atoms with Crippen molar-refractivity contribution in [3.63, 3.8) is 0 Å². The first-order valence-electron chi connectivity index (χ1n) is 5.38. The molecule has 0 radical (unpaired) electrons. The highest BCUT2D eigenvalue weighted by atomic mass is 16.4. The zero-order valence-electron chi connectivity index (χ0n) is 10.1. The molecule has 1 unspecified atom stereocenters. The van der Waals surface area contributed by atoms with Gasteiger partial charge >= 0.3 is 12.0 Å². The van der Waals surface area contributed by atoms with Gasteiger partial charge in [-0.25, -0.2) is 9.59 Å². The van der Waals surface area contributed by atoms with Crippen LogP contribution in [0.15, 0.2) is 0 Å². The van der Waals surface area contributed by atoms with Crippen LogP contribution in [0.3, 0.4) is 0 Å². The van der Waals surface area contributed by atoms with Crippen LogP contribution in [-0.2, 0) is 9.59 Å². The number of nitrogens with two attached hydrogens (primary N) is 1. The minimum Gasteiger partial charge on any atom is -0.480 e. The van der Waals surface area contributed by atoms with Gasteiger partial charge in [0.1, 0.15) is 6.04 Å². The van der Waals surface area contributed by atoms with Gasteiger partial charge in [-0.3, -0.25) is 4.79 Å². The lowest BCUT2D eigenvalue weighted by Gasteiger charge is -2.16. The monoisotopic (exact) mass is 255 g/mol. The maximum Gasteiger partial charge on any atom is 0.326 e. The lowest BCUT2D eigenvalue weighted by Crippen LogP contribution is -2.48. The first-order chi connectivity index (χ1) is 8.36. The Balaban J connectivity index is 4.24. The highest BCUT2D eigenvalue weighted by molar-refractivity contribution is 5.83. The average molecular weight is 255 g/mol. The molecule has 5 N–H and O–H groups in total. The van der Waals surface area contributed by atoms with Crippen molar-refractivity contribution >= 4 is 17.9 Å². The molecule has 2 atom stereocenters. The number of carbonyl (C=O) groups excluding carboxylic acids is 2. The van der Waals surface area contributed by atoms with Crippen molar-refractivity contribution < 1.29 is 19.5 Å². The van der Waals surface area contributed by atoms with Crippen LogP contribution in [0, 0.1) is 12.3 Å². The normalized spacial score (nSPS) is 12.9. The van der Waals surface area contributed by atoms with E-state index in [1.54, 1.807) is 6.92 Å². The Hall–Kier alpha value is -2.23. The summed E-state index contributed by atoms with van der Waals surface area (Å²) < 4.78 is 0. The van der Waals surface area contributed by atoms with E-state index < -0.39 is 23.9 Å². The zero-order valence-corrected chi connectivity index (χ0v) is 10.1. The van der Waals surface area contributed by atoms with E-state index in [-0.39, 0.29) is 18.9 Å². The molecule has 0 aliphatic rings. The third-order valence-electron chi connectivity index (χ3n) is 2.08. The summed E-state index contributed by atoms with van der Waals surface area (Å²) in [7, 11) is 0. The summed E-state index contributed by atoms with van der Waals surface area (Å²) in [6, 6.07) is -2.06. The van der Waals surface area contributed by atoms with E-state index in [9.17, 15) is 14.4 Å². The van der Waals surface area contributed by atoms with Crippen molar-refractivity contribution in [3.05, 3.63) is 0 Å². The standard InChI is InChI=1S/C11H17N3O4/c1-3-4-7(2)13-11(18)14-8(10(16)17)5-6-9(12)15/h1,7-8H,4-6H2,2H3,(H2,12,15)(H,16,17)(H2,13,14,18)/t7?,8-/m1/s1. The minimum absolute atomic E-state index is 0.0540. The Labute approximate surface area is 105 Å². The SMILES string of the molecule is C#CCC(C)NC(=O)N[C@H](CCC(N)=O)C(=O)O. The van der Waals surface area contributed by atoms with Gasteiger partial charge in [0, 0.05) is 18.9 Å². The fourth-order valence-corrected chi connectivity index (χ4v) is 1.20. The van der Waals surface area contributed by atoms with Gasteiger partial charge in [-0.1, -0.05) is 0 Å². The Kier molecular flexibility index (Phi) is 6.96. The molecule has 0 rings (SSSR count). The largest absolute Gasteiger partial charge is 0.480 e. The van der Waals surface area contributed by atoms with Gasteiger partial charge in [0.2, 0.25) is 5.91 Å². The molecule has 0 fully saturated rings. The number of amides is 3. The minimum atomic E-state index is -1.23. The summed E-state index contributed by atoms with van der Waals surface area (Å²) in [4.78, 5) is 32.8. The summed E-state index contributed by atoms with van der Waals surface area (Å²) in [6.45, 7) is 1.69. The first-order valence-corrected chi connectivity index (χ1v) is 5.38. The van der Waals surface area contributed by atoms with Gasteiger partial charge in [0.25, 0.3) is 0 Å². The van der Waals surface area contributed by atoms with E-state index in [0.29, 0.717) is 6.42 Å². The quantitative estimate of drug-likeness (QED) is 0.454. The molecule has 0 aromatic carbocycles. The fourth-order valence-electron chi connectivity index (χ4n) is 1.20. The third-order valence-corrected chi connectivity index (χ3v) is 2.08. The molecule has 0 heterocycles. The Morgan fingerprint density at radius 1 is 1.39 bits per heavy atom. The van der Waals surface area contributed by atoms with Gasteiger partial charge in [-0.15, -0.1) is 12.3 Å². The molecular weight excluding hydrogens is 238 g/mol. The van der Waals surface area contributed by atoms with Crippen molar-refractivity contribution in [3.8, 4) is 12.3 Å². The molecule has 0 bridgehead atoms. The van der Waals surface area contributed by atoms with E-state index in [2.05, 4.69) is 16.6 Å². The molecule has 7 nitrogen and oxygen atoms in total. The molecule has 100 valence electrons. The van der Waals surface area contributed by atoms with Gasteiger partial charge < -0.3 is 21.5 Å². The van der Waals surface area contributed by atoms with Crippen molar-refractivity contribution in [1.82, 2.24) is 10.6 Å². The van der Waals surface area contributed by atoms with Gasteiger partial charge in [-0.2, -0.15) is 0 Å². The molecule has 0 aromatic rings. The molecule has 0 aliphatic carbocycles. The predicted molar refractivity (Wildman–Crippen MR) is 64.4 cm³/mol. The molecule has 0 aliphatic heterocycles. The van der Waals surface area contributed by atoms with Crippen LogP contribution in [0.5, 0.6) is 0 Å². The highest BCUT2D eigenvalue weighted by Crippen LogP contribution is 1.98. The number of hydrogen-bond donors (Lipinski definition) is 4. The van der Waals surface area contributed by atoms with Crippen LogP contribution < -0.4 is 16.4 Å². The molecule has 18 heavy (non-hydrogen) atoms. The topological polar surface area (TPSA) is 122 Å². The lowest BCUT2D eigenvalue weighted by atomic mass is 10.1.